The Morgan fingerprint density at radius 3 is 2.44 bits per heavy atom. The van der Waals surface area contributed by atoms with Crippen LogP contribution in [0.1, 0.15) is 31.1 Å². The second kappa shape index (κ2) is 8.57. The van der Waals surface area contributed by atoms with Crippen LogP contribution in [0.3, 0.4) is 0 Å². The maximum Gasteiger partial charge on any atom is 0.0914 e. The van der Waals surface area contributed by atoms with Gasteiger partial charge in [0.25, 0.3) is 0 Å². The first-order valence-electron chi connectivity index (χ1n) is 6.60. The maximum atomic E-state index is 10.0. The van der Waals surface area contributed by atoms with Gasteiger partial charge in [0.05, 0.1) is 6.10 Å². The number of aliphatic hydroxyl groups is 1. The fourth-order valence-corrected chi connectivity index (χ4v) is 2.23. The summed E-state index contributed by atoms with van der Waals surface area (Å²) in [6.45, 7) is 6.02. The first kappa shape index (κ1) is 15.5. The van der Waals surface area contributed by atoms with Gasteiger partial charge in [0, 0.05) is 18.8 Å². The van der Waals surface area contributed by atoms with Crippen LogP contribution in [0.5, 0.6) is 0 Å². The van der Waals surface area contributed by atoms with E-state index in [0.29, 0.717) is 12.5 Å². The highest BCUT2D eigenvalue weighted by molar-refractivity contribution is 7.98. The van der Waals surface area contributed by atoms with Gasteiger partial charge in [0.15, 0.2) is 0 Å². The van der Waals surface area contributed by atoms with E-state index in [4.69, 9.17) is 0 Å². The molecule has 0 fully saturated rings. The van der Waals surface area contributed by atoms with E-state index in [1.165, 1.54) is 5.56 Å². The predicted molar refractivity (Wildman–Crippen MR) is 81.2 cm³/mol. The zero-order chi connectivity index (χ0) is 13.4. The Morgan fingerprint density at radius 1 is 1.22 bits per heavy atom. The Balaban J connectivity index is 2.41. The van der Waals surface area contributed by atoms with Crippen molar-refractivity contribution in [3.8, 4) is 0 Å². The highest BCUT2D eigenvalue weighted by atomic mass is 32.2. The zero-order valence-electron chi connectivity index (χ0n) is 11.6. The Bertz CT molecular complexity index is 324. The monoisotopic (exact) mass is 267 g/mol. The number of rotatable bonds is 8. The Labute approximate surface area is 115 Å². The van der Waals surface area contributed by atoms with Gasteiger partial charge in [-0.2, -0.15) is 11.8 Å². The molecule has 1 aromatic rings. The van der Waals surface area contributed by atoms with Crippen LogP contribution in [-0.2, 0) is 6.42 Å². The Morgan fingerprint density at radius 2 is 1.89 bits per heavy atom. The smallest absolute Gasteiger partial charge is 0.0914 e. The third kappa shape index (κ3) is 5.89. The van der Waals surface area contributed by atoms with Gasteiger partial charge in [-0.3, -0.25) is 0 Å². The highest BCUT2D eigenvalue weighted by Crippen LogP contribution is 2.15. The van der Waals surface area contributed by atoms with Crippen molar-refractivity contribution >= 4 is 11.8 Å². The predicted octanol–water partition coefficient (Wildman–Crippen LogP) is 2.87. The third-order valence-electron chi connectivity index (χ3n) is 2.83. The molecule has 0 radical (unpaired) electrons. The van der Waals surface area contributed by atoms with E-state index in [1.807, 2.05) is 23.9 Å². The Kier molecular flexibility index (Phi) is 7.40. The molecule has 102 valence electrons. The van der Waals surface area contributed by atoms with E-state index < -0.39 is 6.10 Å². The number of thioether (sulfide) groups is 1. The molecular weight excluding hydrogens is 242 g/mol. The Hall–Kier alpha value is -0.510. The first-order valence-corrected chi connectivity index (χ1v) is 7.99. The molecule has 1 unspecified atom stereocenters. The maximum absolute atomic E-state index is 10.0. The van der Waals surface area contributed by atoms with Crippen molar-refractivity contribution in [1.82, 2.24) is 5.32 Å². The van der Waals surface area contributed by atoms with E-state index in [1.54, 1.807) is 0 Å². The van der Waals surface area contributed by atoms with Crippen molar-refractivity contribution in [3.05, 3.63) is 35.4 Å². The van der Waals surface area contributed by atoms with Crippen LogP contribution in [-0.4, -0.2) is 30.2 Å². The minimum absolute atomic E-state index is 0.403. The first-order chi connectivity index (χ1) is 8.63. The number of nitrogens with one attached hydrogen (secondary N) is 1. The molecule has 1 aromatic carbocycles. The fraction of sp³-hybridized carbons (Fsp3) is 0.600. The van der Waals surface area contributed by atoms with E-state index in [2.05, 4.69) is 37.6 Å². The average molecular weight is 267 g/mol. The summed E-state index contributed by atoms with van der Waals surface area (Å²) < 4.78 is 0. The van der Waals surface area contributed by atoms with Crippen molar-refractivity contribution in [2.45, 2.75) is 26.4 Å². The molecule has 0 saturated carbocycles. The molecule has 0 saturated heterocycles. The second-order valence-electron chi connectivity index (χ2n) is 5.05. The van der Waals surface area contributed by atoms with Crippen LogP contribution in [0, 0.1) is 5.92 Å². The van der Waals surface area contributed by atoms with Gasteiger partial charge < -0.3 is 10.4 Å². The summed E-state index contributed by atoms with van der Waals surface area (Å²) >= 11 is 1.81. The third-order valence-corrected chi connectivity index (χ3v) is 3.44. The van der Waals surface area contributed by atoms with Gasteiger partial charge in [-0.1, -0.05) is 38.1 Å². The lowest BCUT2D eigenvalue weighted by Crippen LogP contribution is -2.23. The van der Waals surface area contributed by atoms with Crippen molar-refractivity contribution in [1.29, 1.82) is 0 Å². The highest BCUT2D eigenvalue weighted by Gasteiger charge is 2.07. The number of hydrogen-bond donors (Lipinski definition) is 2. The van der Waals surface area contributed by atoms with Gasteiger partial charge in [0.1, 0.15) is 0 Å². The molecule has 0 heterocycles. The summed E-state index contributed by atoms with van der Waals surface area (Å²) in [5.41, 5.74) is 2.34. The van der Waals surface area contributed by atoms with E-state index in [0.717, 1.165) is 24.3 Å². The molecule has 0 aromatic heterocycles. The largest absolute Gasteiger partial charge is 0.387 e. The van der Waals surface area contributed by atoms with Gasteiger partial charge in [0.2, 0.25) is 0 Å². The SMILES string of the molecule is CSCCNCC(O)c1ccc(CC(C)C)cc1. The molecule has 1 rings (SSSR count). The van der Waals surface area contributed by atoms with E-state index >= 15 is 0 Å². The van der Waals surface area contributed by atoms with Crippen molar-refractivity contribution in [2.24, 2.45) is 5.92 Å². The molecule has 0 aliphatic rings. The molecule has 0 amide bonds. The molecular formula is C15H25NOS. The van der Waals surface area contributed by atoms with Crippen molar-refractivity contribution in [3.63, 3.8) is 0 Å². The van der Waals surface area contributed by atoms with E-state index in [-0.39, 0.29) is 0 Å². The standard InChI is InChI=1S/C15H25NOS/c1-12(2)10-13-4-6-14(7-5-13)15(17)11-16-8-9-18-3/h4-7,12,15-17H,8-11H2,1-3H3. The van der Waals surface area contributed by atoms with Crippen LogP contribution in [0.4, 0.5) is 0 Å². The summed E-state index contributed by atoms with van der Waals surface area (Å²) in [4.78, 5) is 0. The van der Waals surface area contributed by atoms with Crippen LogP contribution in [0.25, 0.3) is 0 Å². The second-order valence-corrected chi connectivity index (χ2v) is 6.04. The number of hydrogen-bond acceptors (Lipinski definition) is 3. The lowest BCUT2D eigenvalue weighted by Gasteiger charge is -2.13. The molecule has 1 atom stereocenters. The van der Waals surface area contributed by atoms with Crippen LogP contribution in [0.15, 0.2) is 24.3 Å². The van der Waals surface area contributed by atoms with Gasteiger partial charge in [-0.15, -0.1) is 0 Å². The molecule has 2 N–H and O–H groups in total. The molecule has 0 aliphatic heterocycles. The van der Waals surface area contributed by atoms with Crippen LogP contribution >= 0.6 is 11.8 Å². The molecule has 0 aliphatic carbocycles. The van der Waals surface area contributed by atoms with Gasteiger partial charge in [-0.05, 0) is 29.7 Å². The van der Waals surface area contributed by atoms with E-state index in [9.17, 15) is 5.11 Å². The summed E-state index contributed by atoms with van der Waals surface area (Å²) in [5, 5.41) is 13.3. The fourth-order valence-electron chi connectivity index (χ4n) is 1.88. The van der Waals surface area contributed by atoms with Crippen molar-refractivity contribution < 1.29 is 5.11 Å². The zero-order valence-corrected chi connectivity index (χ0v) is 12.5. The molecule has 0 spiro atoms. The lowest BCUT2D eigenvalue weighted by atomic mass is 10.0. The van der Waals surface area contributed by atoms with Crippen LogP contribution in [0.2, 0.25) is 0 Å². The van der Waals surface area contributed by atoms with Crippen molar-refractivity contribution in [2.75, 3.05) is 25.1 Å². The molecule has 0 bridgehead atoms. The number of aliphatic hydroxyl groups excluding tert-OH is 1. The average Bonchev–Trinajstić information content (AvgIpc) is 2.34. The minimum Gasteiger partial charge on any atom is -0.387 e. The normalized spacial score (nSPS) is 12.9. The summed E-state index contributed by atoms with van der Waals surface area (Å²) in [6.07, 6.45) is 2.79. The van der Waals surface area contributed by atoms with Crippen LogP contribution < -0.4 is 5.32 Å². The summed E-state index contributed by atoms with van der Waals surface area (Å²) in [7, 11) is 0. The minimum atomic E-state index is -0.403. The summed E-state index contributed by atoms with van der Waals surface area (Å²) in [6, 6.07) is 8.33. The summed E-state index contributed by atoms with van der Waals surface area (Å²) in [5.74, 6) is 1.76. The molecule has 18 heavy (non-hydrogen) atoms. The molecule has 3 heteroatoms. The lowest BCUT2D eigenvalue weighted by molar-refractivity contribution is 0.175. The quantitative estimate of drug-likeness (QED) is 0.710. The van der Waals surface area contributed by atoms with Gasteiger partial charge >= 0.3 is 0 Å². The topological polar surface area (TPSA) is 32.3 Å². The molecule has 2 nitrogen and oxygen atoms in total. The number of benzene rings is 1. The van der Waals surface area contributed by atoms with Gasteiger partial charge in [-0.25, -0.2) is 0 Å².